The van der Waals surface area contributed by atoms with E-state index in [0.717, 1.165) is 38.3 Å². The summed E-state index contributed by atoms with van der Waals surface area (Å²) in [7, 11) is 1.57. The molecule has 3 amide bonds. The highest BCUT2D eigenvalue weighted by Gasteiger charge is 2.58. The molecule has 3 aliphatic heterocycles. The first kappa shape index (κ1) is 29.0. The molecule has 3 aliphatic rings. The number of piperidine rings is 1. The summed E-state index contributed by atoms with van der Waals surface area (Å²) in [5, 5.41) is 9.66. The molecule has 3 aromatic rings. The van der Waals surface area contributed by atoms with Gasteiger partial charge in [-0.05, 0) is 86.2 Å². The van der Waals surface area contributed by atoms with Gasteiger partial charge in [0.2, 0.25) is 0 Å². The van der Waals surface area contributed by atoms with Gasteiger partial charge in [0.15, 0.2) is 0 Å². The zero-order valence-electron chi connectivity index (χ0n) is 24.7. The molecule has 3 saturated heterocycles. The van der Waals surface area contributed by atoms with Gasteiger partial charge in [0, 0.05) is 50.5 Å². The highest BCUT2D eigenvalue weighted by molar-refractivity contribution is 6.36. The molecule has 3 heterocycles. The topological polar surface area (TPSA) is 80.1 Å². The van der Waals surface area contributed by atoms with Crippen molar-refractivity contribution in [2.45, 2.75) is 44.7 Å². The van der Waals surface area contributed by atoms with Gasteiger partial charge in [-0.25, -0.2) is 9.69 Å². The summed E-state index contributed by atoms with van der Waals surface area (Å²) in [6.45, 7) is 6.88. The number of carbonyl (C=O) groups excluding carboxylic acids is 2. The molecule has 0 atom stereocenters. The lowest BCUT2D eigenvalue weighted by Gasteiger charge is -2.41. The molecule has 8 nitrogen and oxygen atoms in total. The van der Waals surface area contributed by atoms with Gasteiger partial charge in [0.05, 0.1) is 29.5 Å². The molecule has 0 unspecified atom stereocenters. The van der Waals surface area contributed by atoms with Crippen molar-refractivity contribution in [2.75, 3.05) is 49.6 Å². The number of likely N-dealkylation sites (tertiary alicyclic amines) is 1. The van der Waals surface area contributed by atoms with Crippen molar-refractivity contribution in [2.24, 2.45) is 0 Å². The van der Waals surface area contributed by atoms with Crippen LogP contribution in [0.15, 0.2) is 60.7 Å². The molecule has 0 aliphatic carbocycles. The second-order valence-corrected chi connectivity index (χ2v) is 11.9. The maximum absolute atomic E-state index is 14.1. The van der Waals surface area contributed by atoms with Crippen LogP contribution in [0.4, 0.5) is 16.2 Å². The Labute approximate surface area is 258 Å². The van der Waals surface area contributed by atoms with Gasteiger partial charge in [0.1, 0.15) is 11.3 Å². The lowest BCUT2D eigenvalue weighted by atomic mass is 9.85. The number of imide groups is 1. The molecule has 1 spiro atoms. The standard InChI is InChI=1S/C34H36ClN5O3/c1-3-39-33(42)40(30-12-9-26(21-29(30)35)28-20-25(22-36)8-13-31(28)43-2)32(41)34(39)14-18-37(19-15-34)23-24-6-10-27(11-7-24)38-16-4-5-17-38/h6-13,20-21H,3-5,14-19,23H2,1-2H3. The Hall–Kier alpha value is -4.06. The Balaban J connectivity index is 1.19. The summed E-state index contributed by atoms with van der Waals surface area (Å²) in [6.07, 6.45) is 3.66. The average molecular weight is 598 g/mol. The molecule has 6 rings (SSSR count). The second-order valence-electron chi connectivity index (χ2n) is 11.5. The van der Waals surface area contributed by atoms with Crippen molar-refractivity contribution in [3.05, 3.63) is 76.8 Å². The fourth-order valence-corrected chi connectivity index (χ4v) is 7.10. The number of likely N-dealkylation sites (N-methyl/N-ethyl adjacent to an activating group) is 1. The second kappa shape index (κ2) is 11.9. The van der Waals surface area contributed by atoms with Gasteiger partial charge in [-0.3, -0.25) is 9.69 Å². The Bertz CT molecular complexity index is 1570. The van der Waals surface area contributed by atoms with E-state index in [1.807, 2.05) is 6.92 Å². The number of amides is 3. The number of benzene rings is 3. The summed E-state index contributed by atoms with van der Waals surface area (Å²) >= 11 is 6.76. The number of hydrogen-bond donors (Lipinski definition) is 0. The number of urea groups is 1. The largest absolute Gasteiger partial charge is 0.496 e. The third-order valence-electron chi connectivity index (χ3n) is 9.18. The highest BCUT2D eigenvalue weighted by atomic mass is 35.5. The first-order valence-corrected chi connectivity index (χ1v) is 15.4. The predicted octanol–water partition coefficient (Wildman–Crippen LogP) is 6.31. The van der Waals surface area contributed by atoms with E-state index in [9.17, 15) is 14.9 Å². The number of carbonyl (C=O) groups is 2. The summed E-state index contributed by atoms with van der Waals surface area (Å²) in [5.41, 5.74) is 3.96. The fourth-order valence-electron chi connectivity index (χ4n) is 6.83. The van der Waals surface area contributed by atoms with Crippen LogP contribution in [0.2, 0.25) is 5.02 Å². The normalized spacial score (nSPS) is 18.5. The molecule has 0 N–H and O–H groups in total. The third kappa shape index (κ3) is 5.21. The van der Waals surface area contributed by atoms with E-state index < -0.39 is 5.54 Å². The molecule has 222 valence electrons. The van der Waals surface area contributed by atoms with Crippen LogP contribution in [0.5, 0.6) is 5.75 Å². The van der Waals surface area contributed by atoms with E-state index in [1.54, 1.807) is 48.4 Å². The molecule has 0 bridgehead atoms. The Morgan fingerprint density at radius 3 is 2.30 bits per heavy atom. The average Bonchev–Trinajstić information content (AvgIpc) is 3.64. The van der Waals surface area contributed by atoms with Crippen molar-refractivity contribution in [1.29, 1.82) is 5.26 Å². The van der Waals surface area contributed by atoms with Gasteiger partial charge in [-0.1, -0.05) is 29.8 Å². The van der Waals surface area contributed by atoms with Crippen LogP contribution in [0.25, 0.3) is 11.1 Å². The van der Waals surface area contributed by atoms with Crippen LogP contribution in [0.1, 0.15) is 43.7 Å². The van der Waals surface area contributed by atoms with Crippen LogP contribution in [0, 0.1) is 11.3 Å². The lowest BCUT2D eigenvalue weighted by Crippen LogP contribution is -2.56. The van der Waals surface area contributed by atoms with Crippen LogP contribution in [-0.2, 0) is 11.3 Å². The first-order valence-electron chi connectivity index (χ1n) is 15.0. The van der Waals surface area contributed by atoms with E-state index >= 15 is 0 Å². The summed E-state index contributed by atoms with van der Waals surface area (Å²) in [4.78, 5) is 35.6. The maximum atomic E-state index is 14.1. The fraction of sp³-hybridized carbons (Fsp3) is 0.382. The van der Waals surface area contributed by atoms with Gasteiger partial charge in [0.25, 0.3) is 5.91 Å². The number of hydrogen-bond acceptors (Lipinski definition) is 6. The molecular weight excluding hydrogens is 562 g/mol. The smallest absolute Gasteiger partial charge is 0.332 e. The number of anilines is 2. The zero-order chi connectivity index (χ0) is 30.1. The molecular formula is C34H36ClN5O3. The van der Waals surface area contributed by atoms with E-state index in [4.69, 9.17) is 16.3 Å². The number of halogens is 1. The first-order chi connectivity index (χ1) is 20.9. The minimum atomic E-state index is -0.881. The number of methoxy groups -OCH3 is 1. The van der Waals surface area contributed by atoms with Crippen LogP contribution >= 0.6 is 11.6 Å². The van der Waals surface area contributed by atoms with Crippen LogP contribution < -0.4 is 14.5 Å². The Morgan fingerprint density at radius 2 is 1.67 bits per heavy atom. The summed E-state index contributed by atoms with van der Waals surface area (Å²) in [6, 6.07) is 21.1. The summed E-state index contributed by atoms with van der Waals surface area (Å²) < 4.78 is 5.50. The lowest BCUT2D eigenvalue weighted by molar-refractivity contribution is -0.127. The number of ether oxygens (including phenoxy) is 1. The third-order valence-corrected chi connectivity index (χ3v) is 9.48. The molecule has 3 aromatic carbocycles. The minimum absolute atomic E-state index is 0.215. The molecule has 0 radical (unpaired) electrons. The van der Waals surface area contributed by atoms with Gasteiger partial charge in [-0.2, -0.15) is 5.26 Å². The van der Waals surface area contributed by atoms with Crippen molar-refractivity contribution in [3.8, 4) is 22.9 Å². The predicted molar refractivity (Wildman–Crippen MR) is 169 cm³/mol. The summed E-state index contributed by atoms with van der Waals surface area (Å²) in [5.74, 6) is 0.384. The SMILES string of the molecule is CCN1C(=O)N(c2ccc(-c3cc(C#N)ccc3OC)cc2Cl)C(=O)C12CCN(Cc1ccc(N3CCCC3)cc1)CC2. The van der Waals surface area contributed by atoms with E-state index in [2.05, 4.69) is 40.1 Å². The molecule has 0 saturated carbocycles. The molecule has 0 aromatic heterocycles. The van der Waals surface area contributed by atoms with Crippen molar-refractivity contribution >= 4 is 34.9 Å². The van der Waals surface area contributed by atoms with Crippen molar-refractivity contribution in [1.82, 2.24) is 9.80 Å². The number of rotatable bonds is 7. The van der Waals surface area contributed by atoms with Gasteiger partial charge < -0.3 is 14.5 Å². The minimum Gasteiger partial charge on any atom is -0.496 e. The van der Waals surface area contributed by atoms with Crippen molar-refractivity contribution in [3.63, 3.8) is 0 Å². The quantitative estimate of drug-likeness (QED) is 0.297. The monoisotopic (exact) mass is 597 g/mol. The highest BCUT2D eigenvalue weighted by Crippen LogP contribution is 2.43. The van der Waals surface area contributed by atoms with Gasteiger partial charge >= 0.3 is 6.03 Å². The van der Waals surface area contributed by atoms with E-state index in [-0.39, 0.29) is 17.0 Å². The molecule has 9 heteroatoms. The maximum Gasteiger partial charge on any atom is 0.332 e. The number of nitrogens with zero attached hydrogens (tertiary/aromatic N) is 5. The zero-order valence-corrected chi connectivity index (χ0v) is 25.4. The van der Waals surface area contributed by atoms with Crippen molar-refractivity contribution < 1.29 is 14.3 Å². The van der Waals surface area contributed by atoms with E-state index in [1.165, 1.54) is 29.0 Å². The van der Waals surface area contributed by atoms with Gasteiger partial charge in [-0.15, -0.1) is 0 Å². The Kier molecular flexibility index (Phi) is 8.04. The Morgan fingerprint density at radius 1 is 0.953 bits per heavy atom. The molecule has 43 heavy (non-hydrogen) atoms. The van der Waals surface area contributed by atoms with Crippen LogP contribution in [0.3, 0.4) is 0 Å². The van der Waals surface area contributed by atoms with Crippen LogP contribution in [-0.4, -0.2) is 67.1 Å². The molecule has 3 fully saturated rings. The van der Waals surface area contributed by atoms with E-state index in [0.29, 0.717) is 42.0 Å². The number of nitriles is 1.